The van der Waals surface area contributed by atoms with E-state index in [1.165, 1.54) is 16.3 Å². The molecule has 0 aliphatic carbocycles. The first-order valence-corrected chi connectivity index (χ1v) is 18.2. The molecule has 5 heteroatoms. The molecular weight excluding hydrogens is 659 g/mol. The van der Waals surface area contributed by atoms with Crippen molar-refractivity contribution in [1.82, 2.24) is 19.1 Å². The lowest BCUT2D eigenvalue weighted by molar-refractivity contribution is 1.09. The fraction of sp³-hybridized carbons (Fsp3) is 0.0204. The number of para-hydroxylation sites is 4. The minimum Gasteiger partial charge on any atom is -0.309 e. The van der Waals surface area contributed by atoms with Gasteiger partial charge in [-0.15, -0.1) is 0 Å². The maximum atomic E-state index is 5.05. The minimum atomic E-state index is 0.756. The van der Waals surface area contributed by atoms with Gasteiger partial charge < -0.3 is 9.13 Å². The van der Waals surface area contributed by atoms with Gasteiger partial charge in [0.2, 0.25) is 0 Å². The second-order valence-electron chi connectivity index (χ2n) is 13.4. The molecule has 0 spiro atoms. The normalized spacial score (nSPS) is 12.1. The molecule has 1 aliphatic rings. The molecular formula is C49H35N5. The molecule has 5 nitrogen and oxygen atoms in total. The number of anilines is 3. The minimum absolute atomic E-state index is 0.756. The van der Waals surface area contributed by atoms with Crippen molar-refractivity contribution in [2.45, 2.75) is 6.92 Å². The van der Waals surface area contributed by atoms with Gasteiger partial charge in [-0.1, -0.05) is 128 Å². The van der Waals surface area contributed by atoms with Crippen LogP contribution in [0, 0.1) is 0 Å². The largest absolute Gasteiger partial charge is 0.309 e. The average Bonchev–Trinajstić information content (AvgIpc) is 3.70. The van der Waals surface area contributed by atoms with Crippen molar-refractivity contribution in [1.29, 1.82) is 0 Å². The van der Waals surface area contributed by atoms with E-state index < -0.39 is 0 Å². The van der Waals surface area contributed by atoms with Gasteiger partial charge in [0.1, 0.15) is 0 Å². The van der Waals surface area contributed by atoms with E-state index in [-0.39, 0.29) is 0 Å². The molecule has 0 atom stereocenters. The van der Waals surface area contributed by atoms with Crippen LogP contribution in [0.3, 0.4) is 0 Å². The Morgan fingerprint density at radius 2 is 1.26 bits per heavy atom. The topological polar surface area (TPSA) is 38.9 Å². The molecule has 0 radical (unpaired) electrons. The second kappa shape index (κ2) is 12.8. The Bertz CT molecular complexity index is 2900. The smallest absolute Gasteiger partial charge is 0.156 e. The zero-order valence-electron chi connectivity index (χ0n) is 29.8. The molecule has 0 bridgehead atoms. The van der Waals surface area contributed by atoms with E-state index in [1.54, 1.807) is 0 Å². The van der Waals surface area contributed by atoms with Crippen LogP contribution in [0.4, 0.5) is 17.2 Å². The van der Waals surface area contributed by atoms with Crippen molar-refractivity contribution in [3.05, 3.63) is 188 Å². The van der Waals surface area contributed by atoms with Crippen LogP contribution < -0.4 is 4.90 Å². The third-order valence-corrected chi connectivity index (χ3v) is 10.5. The summed E-state index contributed by atoms with van der Waals surface area (Å²) in [5.74, 6) is 0.756. The number of allylic oxidation sites excluding steroid dienone is 1. The number of fused-ring (bicyclic) bond motifs is 8. The van der Waals surface area contributed by atoms with Gasteiger partial charge >= 0.3 is 0 Å². The molecule has 0 fully saturated rings. The summed E-state index contributed by atoms with van der Waals surface area (Å²) in [5.41, 5.74) is 15.2. The summed E-state index contributed by atoms with van der Waals surface area (Å²) in [6.45, 7) is 6.33. The number of nitrogens with zero attached hydrogens (tertiary/aromatic N) is 5. The summed E-state index contributed by atoms with van der Waals surface area (Å²) >= 11 is 0. The van der Waals surface area contributed by atoms with Crippen LogP contribution >= 0.6 is 0 Å². The van der Waals surface area contributed by atoms with Gasteiger partial charge in [-0.3, -0.25) is 9.88 Å². The molecule has 10 rings (SSSR count). The Morgan fingerprint density at radius 1 is 0.574 bits per heavy atom. The highest BCUT2D eigenvalue weighted by molar-refractivity contribution is 6.13. The zero-order chi connectivity index (χ0) is 36.2. The van der Waals surface area contributed by atoms with Crippen LogP contribution in [0.1, 0.15) is 18.2 Å². The third kappa shape index (κ3) is 4.79. The summed E-state index contributed by atoms with van der Waals surface area (Å²) in [4.78, 5) is 12.2. The first-order chi connectivity index (χ1) is 26.7. The van der Waals surface area contributed by atoms with Gasteiger partial charge in [0.05, 0.1) is 51.9 Å². The number of rotatable bonds is 6. The summed E-state index contributed by atoms with van der Waals surface area (Å²) in [5, 5.41) is 2.36. The van der Waals surface area contributed by atoms with Crippen LogP contribution in [0.2, 0.25) is 0 Å². The van der Waals surface area contributed by atoms with Crippen molar-refractivity contribution in [2.24, 2.45) is 0 Å². The molecule has 9 aromatic rings. The fourth-order valence-electron chi connectivity index (χ4n) is 8.21. The second-order valence-corrected chi connectivity index (χ2v) is 13.4. The molecule has 0 saturated heterocycles. The monoisotopic (exact) mass is 693 g/mol. The predicted molar refractivity (Wildman–Crippen MR) is 225 cm³/mol. The summed E-state index contributed by atoms with van der Waals surface area (Å²) in [7, 11) is 0. The van der Waals surface area contributed by atoms with E-state index in [0.717, 1.165) is 78.9 Å². The summed E-state index contributed by atoms with van der Waals surface area (Å²) in [6.07, 6.45) is 10.0. The Balaban J connectivity index is 1.26. The molecule has 0 unspecified atom stereocenters. The van der Waals surface area contributed by atoms with Gasteiger partial charge in [0.25, 0.3) is 0 Å². The van der Waals surface area contributed by atoms with E-state index in [4.69, 9.17) is 9.97 Å². The first kappa shape index (κ1) is 31.5. The average molecular weight is 694 g/mol. The van der Waals surface area contributed by atoms with Gasteiger partial charge in [-0.25, -0.2) is 4.98 Å². The maximum Gasteiger partial charge on any atom is 0.156 e. The van der Waals surface area contributed by atoms with Crippen molar-refractivity contribution >= 4 is 51.2 Å². The standard InChI is InChI=1S/C49H35N5/c1-3-17-36-37-29-28-35(30-46(37)52(42(36)4-2)34-20-9-6-10-21-34)53-43-25-14-11-22-38(43)48-39-23-12-15-26-44(39)54(45-27-16-13-24-40(45)49(48)53)47-32-50-41(31-51-47)33-18-7-5-8-19-33/h3-32H,2H2,1H3/b17-3-. The number of hydrogen-bond acceptors (Lipinski definition) is 3. The number of aromatic nitrogens is 4. The SMILES string of the molecule is C=Cc1c(/C=C\C)c2ccc(-n3c4c(c5ccccc53)-c3ccccc3N(c3cnc(-c5ccccc5)cn3)c3ccccc3-4)cc2n1-c1ccccc1. The highest BCUT2D eigenvalue weighted by atomic mass is 15.2. The Kier molecular flexibility index (Phi) is 7.44. The quantitative estimate of drug-likeness (QED) is 0.174. The van der Waals surface area contributed by atoms with Gasteiger partial charge in [-0.05, 0) is 55.5 Å². The van der Waals surface area contributed by atoms with Crippen molar-refractivity contribution in [3.63, 3.8) is 0 Å². The number of benzene rings is 6. The molecule has 256 valence electrons. The Morgan fingerprint density at radius 3 is 2.00 bits per heavy atom. The highest BCUT2D eigenvalue weighted by Gasteiger charge is 2.32. The van der Waals surface area contributed by atoms with Crippen LogP contribution in [-0.2, 0) is 0 Å². The summed E-state index contributed by atoms with van der Waals surface area (Å²) < 4.78 is 4.77. The van der Waals surface area contributed by atoms with Gasteiger partial charge in [-0.2, -0.15) is 0 Å². The molecule has 3 aromatic heterocycles. The van der Waals surface area contributed by atoms with E-state index >= 15 is 0 Å². The first-order valence-electron chi connectivity index (χ1n) is 18.2. The lowest BCUT2D eigenvalue weighted by Gasteiger charge is -2.26. The van der Waals surface area contributed by atoms with Gasteiger partial charge in [0, 0.05) is 50.0 Å². The highest BCUT2D eigenvalue weighted by Crippen LogP contribution is 2.54. The number of hydrogen-bond donors (Lipinski definition) is 0. The molecule has 0 N–H and O–H groups in total. The lowest BCUT2D eigenvalue weighted by Crippen LogP contribution is -2.13. The predicted octanol–water partition coefficient (Wildman–Crippen LogP) is 12.8. The molecule has 4 heterocycles. The summed E-state index contributed by atoms with van der Waals surface area (Å²) in [6, 6.07) is 53.7. The lowest BCUT2D eigenvalue weighted by atomic mass is 9.98. The van der Waals surface area contributed by atoms with Gasteiger partial charge in [0.15, 0.2) is 5.82 Å². The maximum absolute atomic E-state index is 5.05. The molecule has 0 saturated carbocycles. The third-order valence-electron chi connectivity index (χ3n) is 10.5. The fourth-order valence-corrected chi connectivity index (χ4v) is 8.21. The Hall–Kier alpha value is -7.24. The molecule has 0 amide bonds. The molecule has 6 aromatic carbocycles. The van der Waals surface area contributed by atoms with Crippen LogP contribution in [-0.4, -0.2) is 19.1 Å². The van der Waals surface area contributed by atoms with Crippen molar-refractivity contribution < 1.29 is 0 Å². The van der Waals surface area contributed by atoms with E-state index in [0.29, 0.717) is 0 Å². The molecule has 1 aliphatic heterocycles. The van der Waals surface area contributed by atoms with Crippen LogP contribution in [0.25, 0.3) is 79.0 Å². The van der Waals surface area contributed by atoms with Crippen molar-refractivity contribution in [2.75, 3.05) is 4.90 Å². The Labute approximate surface area is 314 Å². The zero-order valence-corrected chi connectivity index (χ0v) is 29.8. The van der Waals surface area contributed by atoms with Crippen molar-refractivity contribution in [3.8, 4) is 45.0 Å². The van der Waals surface area contributed by atoms with Crippen LogP contribution in [0.15, 0.2) is 177 Å². The molecule has 54 heavy (non-hydrogen) atoms. The van der Waals surface area contributed by atoms with E-state index in [2.05, 4.69) is 173 Å². The van der Waals surface area contributed by atoms with E-state index in [9.17, 15) is 0 Å². The van der Waals surface area contributed by atoms with Crippen LogP contribution in [0.5, 0.6) is 0 Å². The van der Waals surface area contributed by atoms with E-state index in [1.807, 2.05) is 36.7 Å².